The molecule has 3 aromatic carbocycles. The molecule has 1 amide bonds. The molecule has 0 bridgehead atoms. The molecular weight excluding hydrogens is 354 g/mol. The van der Waals surface area contributed by atoms with Crippen LogP contribution in [0.15, 0.2) is 83.8 Å². The monoisotopic (exact) mass is 377 g/mol. The number of rotatable bonds is 7. The lowest BCUT2D eigenvalue weighted by molar-refractivity contribution is 0.0937. The van der Waals surface area contributed by atoms with Gasteiger partial charge in [0.25, 0.3) is 5.91 Å². The van der Waals surface area contributed by atoms with Crippen LogP contribution in [0.25, 0.3) is 0 Å². The topological polar surface area (TPSA) is 38.3 Å². The molecule has 4 heteroatoms. The first-order valence-electron chi connectivity index (χ1n) is 8.88. The van der Waals surface area contributed by atoms with Gasteiger partial charge in [-0.05, 0) is 42.3 Å². The molecule has 0 aromatic heterocycles. The normalized spacial score (nSPS) is 11.6. The molecule has 3 rings (SSSR count). The smallest absolute Gasteiger partial charge is 0.252 e. The summed E-state index contributed by atoms with van der Waals surface area (Å²) in [6.07, 6.45) is 0. The lowest BCUT2D eigenvalue weighted by Crippen LogP contribution is -2.27. The van der Waals surface area contributed by atoms with E-state index in [-0.39, 0.29) is 11.9 Å². The number of nitrogens with one attached hydrogen (secondary N) is 1. The zero-order valence-corrected chi connectivity index (χ0v) is 16.3. The van der Waals surface area contributed by atoms with E-state index in [0.29, 0.717) is 5.56 Å². The standard InChI is InChI=1S/C23H23NO2S/c1-17(19-12-14-20(26-2)15-13-19)24-23(25)21-10-6-7-11-22(21)27-16-18-8-4-3-5-9-18/h3-15,17H,16H2,1-2H3,(H,24,25). The molecule has 0 aliphatic heterocycles. The van der Waals surface area contributed by atoms with Crippen molar-refractivity contribution in [2.24, 2.45) is 0 Å². The van der Waals surface area contributed by atoms with Gasteiger partial charge >= 0.3 is 0 Å². The Morgan fingerprint density at radius 2 is 1.63 bits per heavy atom. The lowest BCUT2D eigenvalue weighted by Gasteiger charge is -2.16. The molecule has 3 nitrogen and oxygen atoms in total. The molecule has 0 aliphatic rings. The Kier molecular flexibility index (Phi) is 6.55. The number of carbonyl (C=O) groups is 1. The molecule has 0 fully saturated rings. The highest BCUT2D eigenvalue weighted by molar-refractivity contribution is 7.98. The number of amides is 1. The molecule has 3 aromatic rings. The Morgan fingerprint density at radius 3 is 2.33 bits per heavy atom. The van der Waals surface area contributed by atoms with E-state index >= 15 is 0 Å². The zero-order chi connectivity index (χ0) is 19.1. The quantitative estimate of drug-likeness (QED) is 0.554. The summed E-state index contributed by atoms with van der Waals surface area (Å²) in [4.78, 5) is 13.8. The Hall–Kier alpha value is -2.72. The first kappa shape index (κ1) is 19.1. The van der Waals surface area contributed by atoms with Crippen molar-refractivity contribution >= 4 is 17.7 Å². The highest BCUT2D eigenvalue weighted by Gasteiger charge is 2.15. The number of carbonyl (C=O) groups excluding carboxylic acids is 1. The van der Waals surface area contributed by atoms with Crippen molar-refractivity contribution in [2.75, 3.05) is 7.11 Å². The molecule has 1 unspecified atom stereocenters. The van der Waals surface area contributed by atoms with Gasteiger partial charge in [-0.2, -0.15) is 0 Å². The van der Waals surface area contributed by atoms with Gasteiger partial charge in [-0.25, -0.2) is 0 Å². The Balaban J connectivity index is 1.68. The number of methoxy groups -OCH3 is 1. The fourth-order valence-electron chi connectivity index (χ4n) is 2.77. The van der Waals surface area contributed by atoms with Crippen molar-refractivity contribution in [1.82, 2.24) is 5.32 Å². The fourth-order valence-corrected chi connectivity index (χ4v) is 3.77. The van der Waals surface area contributed by atoms with E-state index in [2.05, 4.69) is 17.4 Å². The van der Waals surface area contributed by atoms with E-state index < -0.39 is 0 Å². The Morgan fingerprint density at radius 1 is 0.963 bits per heavy atom. The van der Waals surface area contributed by atoms with Crippen molar-refractivity contribution in [1.29, 1.82) is 0 Å². The van der Waals surface area contributed by atoms with Gasteiger partial charge in [0.1, 0.15) is 5.75 Å². The van der Waals surface area contributed by atoms with Crippen molar-refractivity contribution < 1.29 is 9.53 Å². The summed E-state index contributed by atoms with van der Waals surface area (Å²) in [7, 11) is 1.64. The van der Waals surface area contributed by atoms with Crippen LogP contribution in [-0.4, -0.2) is 13.0 Å². The summed E-state index contributed by atoms with van der Waals surface area (Å²) >= 11 is 1.68. The summed E-state index contributed by atoms with van der Waals surface area (Å²) in [6.45, 7) is 1.99. The third kappa shape index (κ3) is 5.14. The van der Waals surface area contributed by atoms with Crippen LogP contribution in [-0.2, 0) is 5.75 Å². The van der Waals surface area contributed by atoms with E-state index in [1.807, 2.05) is 73.7 Å². The largest absolute Gasteiger partial charge is 0.497 e. The molecule has 1 atom stereocenters. The average molecular weight is 378 g/mol. The molecule has 0 heterocycles. The van der Waals surface area contributed by atoms with Gasteiger partial charge < -0.3 is 10.1 Å². The van der Waals surface area contributed by atoms with E-state index in [4.69, 9.17) is 4.74 Å². The summed E-state index contributed by atoms with van der Waals surface area (Å²) in [5, 5.41) is 3.10. The van der Waals surface area contributed by atoms with Crippen LogP contribution in [0.3, 0.4) is 0 Å². The van der Waals surface area contributed by atoms with Crippen molar-refractivity contribution in [3.63, 3.8) is 0 Å². The lowest BCUT2D eigenvalue weighted by atomic mass is 10.1. The summed E-state index contributed by atoms with van der Waals surface area (Å²) < 4.78 is 5.19. The minimum Gasteiger partial charge on any atom is -0.497 e. The maximum atomic E-state index is 12.8. The van der Waals surface area contributed by atoms with Crippen LogP contribution < -0.4 is 10.1 Å². The molecule has 0 saturated heterocycles. The SMILES string of the molecule is COc1ccc(C(C)NC(=O)c2ccccc2SCc2ccccc2)cc1. The summed E-state index contributed by atoms with van der Waals surface area (Å²) in [5.74, 6) is 1.58. The van der Waals surface area contributed by atoms with Crippen LogP contribution in [0.4, 0.5) is 0 Å². The zero-order valence-electron chi connectivity index (χ0n) is 15.5. The van der Waals surface area contributed by atoms with E-state index in [0.717, 1.165) is 22.0 Å². The van der Waals surface area contributed by atoms with Crippen molar-refractivity contribution in [3.8, 4) is 5.75 Å². The first-order valence-corrected chi connectivity index (χ1v) is 9.86. The first-order chi connectivity index (χ1) is 13.2. The minimum atomic E-state index is -0.0874. The second kappa shape index (κ2) is 9.28. The van der Waals surface area contributed by atoms with Gasteiger partial charge in [-0.15, -0.1) is 11.8 Å². The van der Waals surface area contributed by atoms with Crippen LogP contribution in [0.2, 0.25) is 0 Å². The molecule has 27 heavy (non-hydrogen) atoms. The predicted molar refractivity (Wildman–Crippen MR) is 111 cm³/mol. The summed E-state index contributed by atoms with van der Waals surface area (Å²) in [5.41, 5.74) is 2.99. The molecule has 0 spiro atoms. The Labute approximate surface area is 164 Å². The van der Waals surface area contributed by atoms with E-state index in [9.17, 15) is 4.79 Å². The van der Waals surface area contributed by atoms with Gasteiger partial charge in [0, 0.05) is 10.6 Å². The van der Waals surface area contributed by atoms with Crippen LogP contribution in [0, 0.1) is 0 Å². The highest BCUT2D eigenvalue weighted by atomic mass is 32.2. The van der Waals surface area contributed by atoms with E-state index in [1.54, 1.807) is 18.9 Å². The minimum absolute atomic E-state index is 0.0607. The molecular formula is C23H23NO2S. The number of thioether (sulfide) groups is 1. The van der Waals surface area contributed by atoms with Gasteiger partial charge in [-0.3, -0.25) is 4.79 Å². The third-order valence-corrected chi connectivity index (χ3v) is 5.48. The molecule has 138 valence electrons. The van der Waals surface area contributed by atoms with Crippen LogP contribution in [0.1, 0.15) is 34.5 Å². The second-order valence-electron chi connectivity index (χ2n) is 6.24. The number of benzene rings is 3. The molecule has 0 radical (unpaired) electrons. The van der Waals surface area contributed by atoms with Crippen LogP contribution in [0.5, 0.6) is 5.75 Å². The second-order valence-corrected chi connectivity index (χ2v) is 7.26. The Bertz CT molecular complexity index is 878. The maximum Gasteiger partial charge on any atom is 0.252 e. The van der Waals surface area contributed by atoms with E-state index in [1.165, 1.54) is 5.56 Å². The summed E-state index contributed by atoms with van der Waals surface area (Å²) in [6, 6.07) is 25.7. The molecule has 1 N–H and O–H groups in total. The number of ether oxygens (including phenoxy) is 1. The molecule has 0 saturated carbocycles. The van der Waals surface area contributed by atoms with Crippen LogP contribution >= 0.6 is 11.8 Å². The van der Waals surface area contributed by atoms with Crippen molar-refractivity contribution in [3.05, 3.63) is 95.6 Å². The van der Waals surface area contributed by atoms with Gasteiger partial charge in [-0.1, -0.05) is 54.6 Å². The van der Waals surface area contributed by atoms with Gasteiger partial charge in [0.05, 0.1) is 18.7 Å². The average Bonchev–Trinajstić information content (AvgIpc) is 2.73. The third-order valence-electron chi connectivity index (χ3n) is 4.33. The van der Waals surface area contributed by atoms with Crippen molar-refractivity contribution in [2.45, 2.75) is 23.6 Å². The highest BCUT2D eigenvalue weighted by Crippen LogP contribution is 2.27. The fraction of sp³-hybridized carbons (Fsp3) is 0.174. The maximum absolute atomic E-state index is 12.8. The number of hydrogen-bond donors (Lipinski definition) is 1. The van der Waals surface area contributed by atoms with Gasteiger partial charge in [0.15, 0.2) is 0 Å². The van der Waals surface area contributed by atoms with Gasteiger partial charge in [0.2, 0.25) is 0 Å². The predicted octanol–water partition coefficient (Wildman–Crippen LogP) is 5.48. The number of hydrogen-bond acceptors (Lipinski definition) is 3. The molecule has 0 aliphatic carbocycles.